The van der Waals surface area contributed by atoms with Crippen molar-refractivity contribution in [3.05, 3.63) is 23.2 Å². The molecule has 0 bridgehead atoms. The van der Waals surface area contributed by atoms with Crippen LogP contribution in [0.2, 0.25) is 5.02 Å². The zero-order chi connectivity index (χ0) is 14.3. The van der Waals surface area contributed by atoms with Gasteiger partial charge in [0.25, 0.3) is 0 Å². The maximum absolute atomic E-state index is 11.7. The number of benzene rings is 1. The molecule has 1 aromatic carbocycles. The minimum absolute atomic E-state index is 0.125. The predicted octanol–water partition coefficient (Wildman–Crippen LogP) is 2.80. The number of halogens is 1. The first-order valence-corrected chi connectivity index (χ1v) is 8.09. The first kappa shape index (κ1) is 16.0. The molecule has 1 unspecified atom stereocenters. The van der Waals surface area contributed by atoms with E-state index in [1.165, 1.54) is 0 Å². The monoisotopic (exact) mass is 302 g/mol. The molecule has 1 amide bonds. The fourth-order valence-electron chi connectivity index (χ4n) is 1.57. The van der Waals surface area contributed by atoms with Gasteiger partial charge >= 0.3 is 0 Å². The lowest BCUT2D eigenvalue weighted by atomic mass is 10.2. The molecule has 0 saturated carbocycles. The van der Waals surface area contributed by atoms with Gasteiger partial charge in [0, 0.05) is 34.4 Å². The van der Waals surface area contributed by atoms with Crippen molar-refractivity contribution in [2.45, 2.75) is 26.2 Å². The maximum atomic E-state index is 11.7. The topological polar surface area (TPSA) is 72.2 Å². The van der Waals surface area contributed by atoms with Crippen molar-refractivity contribution >= 4 is 39.7 Å². The first-order valence-electron chi connectivity index (χ1n) is 6.22. The van der Waals surface area contributed by atoms with Crippen LogP contribution in [-0.4, -0.2) is 21.6 Å². The highest BCUT2D eigenvalue weighted by molar-refractivity contribution is 7.84. The van der Waals surface area contributed by atoms with Gasteiger partial charge in [0.1, 0.15) is 0 Å². The molecule has 0 fully saturated rings. The van der Waals surface area contributed by atoms with Gasteiger partial charge in [-0.05, 0) is 31.0 Å². The summed E-state index contributed by atoms with van der Waals surface area (Å²) in [6.45, 7) is 1.99. The standard InChI is InChI=1S/C13H19ClN2O2S/c1-2-7-19(18)8-3-4-13(17)16-12-6-5-10(15)9-11(12)14/h5-6,9H,2-4,7-8,15H2,1H3,(H,16,17). The Hall–Kier alpha value is -1.07. The van der Waals surface area contributed by atoms with Gasteiger partial charge in [0.2, 0.25) is 5.91 Å². The molecule has 6 heteroatoms. The van der Waals surface area contributed by atoms with E-state index in [-0.39, 0.29) is 5.91 Å². The second kappa shape index (κ2) is 8.17. The first-order chi connectivity index (χ1) is 9.02. The zero-order valence-corrected chi connectivity index (χ0v) is 12.5. The normalized spacial score (nSPS) is 12.1. The third kappa shape index (κ3) is 6.07. The molecule has 0 radical (unpaired) electrons. The van der Waals surface area contributed by atoms with Crippen molar-refractivity contribution in [1.29, 1.82) is 0 Å². The quantitative estimate of drug-likeness (QED) is 0.761. The minimum Gasteiger partial charge on any atom is -0.399 e. The number of hydrogen-bond acceptors (Lipinski definition) is 3. The summed E-state index contributed by atoms with van der Waals surface area (Å²) in [6, 6.07) is 4.94. The molecule has 3 N–H and O–H groups in total. The highest BCUT2D eigenvalue weighted by Gasteiger charge is 2.07. The highest BCUT2D eigenvalue weighted by atomic mass is 35.5. The van der Waals surface area contributed by atoms with E-state index in [9.17, 15) is 9.00 Å². The second-order valence-electron chi connectivity index (χ2n) is 4.24. The Morgan fingerprint density at radius 3 is 2.79 bits per heavy atom. The van der Waals surface area contributed by atoms with Crippen LogP contribution in [0.25, 0.3) is 0 Å². The Balaban J connectivity index is 2.37. The number of anilines is 2. The lowest BCUT2D eigenvalue weighted by Crippen LogP contribution is -2.13. The summed E-state index contributed by atoms with van der Waals surface area (Å²) in [4.78, 5) is 11.7. The van der Waals surface area contributed by atoms with Gasteiger partial charge in [-0.15, -0.1) is 0 Å². The molecule has 1 rings (SSSR count). The van der Waals surface area contributed by atoms with Crippen molar-refractivity contribution in [3.8, 4) is 0 Å². The van der Waals surface area contributed by atoms with E-state index in [1.54, 1.807) is 18.2 Å². The van der Waals surface area contributed by atoms with Crippen LogP contribution in [0.1, 0.15) is 26.2 Å². The van der Waals surface area contributed by atoms with Crippen LogP contribution in [0.15, 0.2) is 18.2 Å². The molecule has 0 aliphatic rings. The van der Waals surface area contributed by atoms with Crippen LogP contribution in [0.3, 0.4) is 0 Å². The van der Waals surface area contributed by atoms with E-state index >= 15 is 0 Å². The van der Waals surface area contributed by atoms with Gasteiger partial charge in [-0.25, -0.2) is 0 Å². The van der Waals surface area contributed by atoms with Crippen LogP contribution >= 0.6 is 11.6 Å². The molecule has 1 atom stereocenters. The van der Waals surface area contributed by atoms with Crippen LogP contribution in [-0.2, 0) is 15.6 Å². The fraction of sp³-hybridized carbons (Fsp3) is 0.462. The summed E-state index contributed by atoms with van der Waals surface area (Å²) in [5.74, 6) is 1.14. The van der Waals surface area contributed by atoms with Gasteiger partial charge < -0.3 is 11.1 Å². The molecule has 0 aromatic heterocycles. The summed E-state index contributed by atoms with van der Waals surface area (Å²) in [5, 5.41) is 3.14. The van der Waals surface area contributed by atoms with Crippen LogP contribution in [0.5, 0.6) is 0 Å². The van der Waals surface area contributed by atoms with E-state index in [0.717, 1.165) is 6.42 Å². The summed E-state index contributed by atoms with van der Waals surface area (Å²) in [5.41, 5.74) is 6.67. The number of nitrogen functional groups attached to an aromatic ring is 1. The van der Waals surface area contributed by atoms with E-state index in [2.05, 4.69) is 5.32 Å². The lowest BCUT2D eigenvalue weighted by molar-refractivity contribution is -0.116. The number of carbonyl (C=O) groups is 1. The SMILES string of the molecule is CCCS(=O)CCCC(=O)Nc1ccc(N)cc1Cl. The molecule has 0 aliphatic carbocycles. The van der Waals surface area contributed by atoms with Crippen molar-refractivity contribution in [1.82, 2.24) is 0 Å². The Morgan fingerprint density at radius 2 is 2.16 bits per heavy atom. The Bertz CT molecular complexity index is 466. The van der Waals surface area contributed by atoms with Gasteiger partial charge in [-0.2, -0.15) is 0 Å². The van der Waals surface area contributed by atoms with Crippen molar-refractivity contribution in [2.75, 3.05) is 22.6 Å². The third-order valence-corrected chi connectivity index (χ3v) is 4.40. The molecule has 0 aliphatic heterocycles. The van der Waals surface area contributed by atoms with Gasteiger partial charge in [0.15, 0.2) is 0 Å². The number of hydrogen-bond donors (Lipinski definition) is 2. The summed E-state index contributed by atoms with van der Waals surface area (Å²) in [6.07, 6.45) is 1.86. The Morgan fingerprint density at radius 1 is 1.42 bits per heavy atom. The van der Waals surface area contributed by atoms with E-state index < -0.39 is 10.8 Å². The summed E-state index contributed by atoms with van der Waals surface area (Å²) >= 11 is 5.96. The molecule has 0 heterocycles. The van der Waals surface area contributed by atoms with E-state index in [4.69, 9.17) is 17.3 Å². The van der Waals surface area contributed by atoms with Gasteiger partial charge in [0.05, 0.1) is 10.7 Å². The van der Waals surface area contributed by atoms with Crippen LogP contribution in [0.4, 0.5) is 11.4 Å². The average molecular weight is 303 g/mol. The molecule has 0 saturated heterocycles. The molecule has 0 spiro atoms. The van der Waals surface area contributed by atoms with Crippen LogP contribution < -0.4 is 11.1 Å². The summed E-state index contributed by atoms with van der Waals surface area (Å²) < 4.78 is 11.4. The number of nitrogens with two attached hydrogens (primary N) is 1. The van der Waals surface area contributed by atoms with Crippen LogP contribution in [0, 0.1) is 0 Å². The second-order valence-corrected chi connectivity index (χ2v) is 6.34. The molecule has 106 valence electrons. The van der Waals surface area contributed by atoms with Crippen molar-refractivity contribution in [3.63, 3.8) is 0 Å². The maximum Gasteiger partial charge on any atom is 0.224 e. The Labute approximate surface area is 121 Å². The molecule has 19 heavy (non-hydrogen) atoms. The third-order valence-electron chi connectivity index (χ3n) is 2.47. The Kier molecular flexibility index (Phi) is 6.87. The predicted molar refractivity (Wildman–Crippen MR) is 81.9 cm³/mol. The highest BCUT2D eigenvalue weighted by Crippen LogP contribution is 2.24. The number of amides is 1. The fourth-order valence-corrected chi connectivity index (χ4v) is 2.93. The van der Waals surface area contributed by atoms with Gasteiger partial charge in [-0.3, -0.25) is 9.00 Å². The lowest BCUT2D eigenvalue weighted by Gasteiger charge is -2.07. The van der Waals surface area contributed by atoms with Crippen molar-refractivity contribution in [2.24, 2.45) is 0 Å². The summed E-state index contributed by atoms with van der Waals surface area (Å²) in [7, 11) is -0.813. The molecule has 1 aromatic rings. The number of nitrogens with one attached hydrogen (secondary N) is 1. The van der Waals surface area contributed by atoms with Gasteiger partial charge in [-0.1, -0.05) is 18.5 Å². The molecular formula is C13H19ClN2O2S. The van der Waals surface area contributed by atoms with Crippen molar-refractivity contribution < 1.29 is 9.00 Å². The molecule has 4 nitrogen and oxygen atoms in total. The van der Waals surface area contributed by atoms with E-state index in [0.29, 0.717) is 40.7 Å². The smallest absolute Gasteiger partial charge is 0.224 e. The van der Waals surface area contributed by atoms with E-state index in [1.807, 2.05) is 6.92 Å². The average Bonchev–Trinajstić information content (AvgIpc) is 2.33. The zero-order valence-electron chi connectivity index (χ0n) is 10.9. The number of rotatable bonds is 7. The number of carbonyl (C=O) groups excluding carboxylic acids is 1. The minimum atomic E-state index is -0.813. The largest absolute Gasteiger partial charge is 0.399 e. The molecular weight excluding hydrogens is 284 g/mol.